The number of hydrogen-bond acceptors (Lipinski definition) is 5. The molecule has 31 heavy (non-hydrogen) atoms. The molecular formula is C22H25ClN2O5S. The second kappa shape index (κ2) is 9.80. The van der Waals surface area contributed by atoms with Gasteiger partial charge in [0.25, 0.3) is 5.91 Å². The van der Waals surface area contributed by atoms with Crippen LogP contribution in [0.15, 0.2) is 41.3 Å². The highest BCUT2D eigenvalue weighted by molar-refractivity contribution is 7.89. The number of rotatable bonds is 6. The zero-order valence-electron chi connectivity index (χ0n) is 17.5. The summed E-state index contributed by atoms with van der Waals surface area (Å²) in [6.45, 7) is 4.20. The van der Waals surface area contributed by atoms with Gasteiger partial charge in [0.1, 0.15) is 0 Å². The first-order valence-electron chi connectivity index (χ1n) is 10.0. The van der Waals surface area contributed by atoms with Crippen molar-refractivity contribution in [1.82, 2.24) is 4.31 Å². The van der Waals surface area contributed by atoms with E-state index in [1.807, 2.05) is 19.9 Å². The fourth-order valence-electron chi connectivity index (χ4n) is 3.53. The van der Waals surface area contributed by atoms with Crippen LogP contribution in [0.5, 0.6) is 0 Å². The molecule has 0 radical (unpaired) electrons. The van der Waals surface area contributed by atoms with Crippen molar-refractivity contribution in [3.8, 4) is 0 Å². The molecule has 0 unspecified atom stereocenters. The highest BCUT2D eigenvalue weighted by Gasteiger charge is 2.27. The smallest absolute Gasteiger partial charge is 0.340 e. The molecule has 0 spiro atoms. The number of nitrogens with one attached hydrogen (secondary N) is 1. The van der Waals surface area contributed by atoms with E-state index < -0.39 is 28.5 Å². The molecule has 0 saturated carbocycles. The first kappa shape index (κ1) is 23.2. The van der Waals surface area contributed by atoms with Gasteiger partial charge in [-0.25, -0.2) is 13.2 Å². The molecule has 1 aliphatic heterocycles. The van der Waals surface area contributed by atoms with Crippen molar-refractivity contribution < 1.29 is 22.7 Å². The minimum Gasteiger partial charge on any atom is -0.452 e. The molecule has 3 rings (SSSR count). The van der Waals surface area contributed by atoms with Gasteiger partial charge < -0.3 is 10.1 Å². The van der Waals surface area contributed by atoms with Crippen LogP contribution >= 0.6 is 11.6 Å². The van der Waals surface area contributed by atoms with Gasteiger partial charge >= 0.3 is 5.97 Å². The second-order valence-corrected chi connectivity index (χ2v) is 9.95. The summed E-state index contributed by atoms with van der Waals surface area (Å²) in [5.74, 6) is -1.37. The Bertz CT molecular complexity index is 1070. The van der Waals surface area contributed by atoms with E-state index in [1.54, 1.807) is 12.1 Å². The van der Waals surface area contributed by atoms with E-state index in [-0.39, 0.29) is 15.5 Å². The molecule has 1 aliphatic rings. The lowest BCUT2D eigenvalue weighted by atomic mass is 10.1. The molecule has 1 N–H and O–H groups in total. The Labute approximate surface area is 187 Å². The van der Waals surface area contributed by atoms with E-state index in [9.17, 15) is 18.0 Å². The molecule has 0 bridgehead atoms. The van der Waals surface area contributed by atoms with Crippen LogP contribution in [0, 0.1) is 13.8 Å². The van der Waals surface area contributed by atoms with Crippen molar-refractivity contribution in [2.45, 2.75) is 38.0 Å². The molecular weight excluding hydrogens is 440 g/mol. The van der Waals surface area contributed by atoms with Gasteiger partial charge in [0.2, 0.25) is 10.0 Å². The topological polar surface area (TPSA) is 92.8 Å². The van der Waals surface area contributed by atoms with E-state index in [1.165, 1.54) is 22.5 Å². The molecule has 0 atom stereocenters. The number of anilines is 1. The van der Waals surface area contributed by atoms with Crippen LogP contribution in [-0.4, -0.2) is 44.3 Å². The van der Waals surface area contributed by atoms with Gasteiger partial charge in [-0.2, -0.15) is 4.31 Å². The van der Waals surface area contributed by atoms with E-state index in [0.717, 1.165) is 30.4 Å². The van der Waals surface area contributed by atoms with Crippen LogP contribution < -0.4 is 5.32 Å². The predicted molar refractivity (Wildman–Crippen MR) is 119 cm³/mol. The number of nitrogens with zero attached hydrogens (tertiary/aromatic N) is 1. The summed E-state index contributed by atoms with van der Waals surface area (Å²) in [6, 6.07) is 9.51. The summed E-state index contributed by atoms with van der Waals surface area (Å²) in [7, 11) is -3.73. The SMILES string of the molecule is Cc1cc(C)cc(NC(=O)COC(=O)c2cc(S(=O)(=O)N3CCCCC3)ccc2Cl)c1. The zero-order chi connectivity index (χ0) is 22.6. The largest absolute Gasteiger partial charge is 0.452 e. The Kier molecular flexibility index (Phi) is 7.35. The van der Waals surface area contributed by atoms with Crippen molar-refractivity contribution in [1.29, 1.82) is 0 Å². The standard InChI is InChI=1S/C22H25ClN2O5S/c1-15-10-16(2)12-17(11-15)24-21(26)14-30-22(27)19-13-18(6-7-20(19)23)31(28,29)25-8-4-3-5-9-25/h6-7,10-13H,3-5,8-9,14H2,1-2H3,(H,24,26). The average molecular weight is 465 g/mol. The maximum atomic E-state index is 12.9. The minimum absolute atomic E-state index is 0.0227. The number of halogens is 1. The normalized spacial score (nSPS) is 14.8. The first-order chi connectivity index (χ1) is 14.7. The van der Waals surface area contributed by atoms with Crippen molar-refractivity contribution in [2.75, 3.05) is 25.0 Å². The number of amides is 1. The lowest BCUT2D eigenvalue weighted by molar-refractivity contribution is -0.119. The van der Waals surface area contributed by atoms with Crippen LogP contribution in [0.2, 0.25) is 5.02 Å². The van der Waals surface area contributed by atoms with Crippen LogP contribution in [0.3, 0.4) is 0 Å². The fourth-order valence-corrected chi connectivity index (χ4v) is 5.27. The first-order valence-corrected chi connectivity index (χ1v) is 11.8. The number of sulfonamides is 1. The second-order valence-electron chi connectivity index (χ2n) is 7.61. The van der Waals surface area contributed by atoms with Gasteiger partial charge in [0.05, 0.1) is 15.5 Å². The molecule has 2 aromatic rings. The third-order valence-corrected chi connectivity index (χ3v) is 7.17. The van der Waals surface area contributed by atoms with E-state index >= 15 is 0 Å². The van der Waals surface area contributed by atoms with Gasteiger partial charge in [-0.15, -0.1) is 0 Å². The number of piperidine rings is 1. The maximum absolute atomic E-state index is 12.9. The zero-order valence-corrected chi connectivity index (χ0v) is 19.1. The van der Waals surface area contributed by atoms with Gasteiger partial charge in [-0.1, -0.05) is 24.1 Å². The Hall–Kier alpha value is -2.42. The highest BCUT2D eigenvalue weighted by Crippen LogP contribution is 2.25. The summed E-state index contributed by atoms with van der Waals surface area (Å²) < 4.78 is 32.2. The van der Waals surface area contributed by atoms with Crippen molar-refractivity contribution in [3.63, 3.8) is 0 Å². The lowest BCUT2D eigenvalue weighted by Gasteiger charge is -2.26. The molecule has 9 heteroatoms. The van der Waals surface area contributed by atoms with E-state index in [4.69, 9.17) is 16.3 Å². The van der Waals surface area contributed by atoms with Gasteiger partial charge in [0.15, 0.2) is 6.61 Å². The predicted octanol–water partition coefficient (Wildman–Crippen LogP) is 3.93. The minimum atomic E-state index is -3.73. The summed E-state index contributed by atoms with van der Waals surface area (Å²) in [6.07, 6.45) is 2.60. The van der Waals surface area contributed by atoms with Crippen LogP contribution in [0.25, 0.3) is 0 Å². The summed E-state index contributed by atoms with van der Waals surface area (Å²) in [5.41, 5.74) is 2.49. The summed E-state index contributed by atoms with van der Waals surface area (Å²) in [5, 5.41) is 2.73. The molecule has 1 fully saturated rings. The number of esters is 1. The van der Waals surface area contributed by atoms with E-state index in [0.29, 0.717) is 18.8 Å². The van der Waals surface area contributed by atoms with Gasteiger partial charge in [0, 0.05) is 18.8 Å². The van der Waals surface area contributed by atoms with Gasteiger partial charge in [-0.05, 0) is 68.1 Å². The van der Waals surface area contributed by atoms with Crippen LogP contribution in [-0.2, 0) is 19.6 Å². The number of ether oxygens (including phenoxy) is 1. The molecule has 7 nitrogen and oxygen atoms in total. The van der Waals surface area contributed by atoms with Gasteiger partial charge in [-0.3, -0.25) is 4.79 Å². The molecule has 1 amide bonds. The van der Waals surface area contributed by atoms with Crippen molar-refractivity contribution in [3.05, 3.63) is 58.1 Å². The molecule has 166 valence electrons. The average Bonchev–Trinajstić information content (AvgIpc) is 2.72. The number of carbonyl (C=O) groups is 2. The Morgan fingerprint density at radius 2 is 1.68 bits per heavy atom. The quantitative estimate of drug-likeness (QED) is 0.654. The molecule has 2 aromatic carbocycles. The highest BCUT2D eigenvalue weighted by atomic mass is 35.5. The Morgan fingerprint density at radius 3 is 2.32 bits per heavy atom. The van der Waals surface area contributed by atoms with Crippen molar-refractivity contribution >= 4 is 39.2 Å². The molecule has 0 aliphatic carbocycles. The fraction of sp³-hybridized carbons (Fsp3) is 0.364. The number of aryl methyl sites for hydroxylation is 2. The van der Waals surface area contributed by atoms with Crippen LogP contribution in [0.4, 0.5) is 5.69 Å². The molecule has 0 aromatic heterocycles. The molecule has 1 saturated heterocycles. The number of carbonyl (C=O) groups excluding carboxylic acids is 2. The summed E-state index contributed by atoms with van der Waals surface area (Å²) in [4.78, 5) is 24.6. The number of benzene rings is 2. The Morgan fingerprint density at radius 1 is 1.03 bits per heavy atom. The van der Waals surface area contributed by atoms with E-state index in [2.05, 4.69) is 5.32 Å². The summed E-state index contributed by atoms with van der Waals surface area (Å²) >= 11 is 6.10. The lowest BCUT2D eigenvalue weighted by Crippen LogP contribution is -2.35. The third-order valence-electron chi connectivity index (χ3n) is 4.95. The third kappa shape index (κ3) is 5.84. The maximum Gasteiger partial charge on any atom is 0.340 e. The monoisotopic (exact) mass is 464 g/mol. The van der Waals surface area contributed by atoms with Crippen molar-refractivity contribution in [2.24, 2.45) is 0 Å². The Balaban J connectivity index is 1.68. The van der Waals surface area contributed by atoms with Crippen LogP contribution in [0.1, 0.15) is 40.7 Å². The molecule has 1 heterocycles. The number of hydrogen-bond donors (Lipinski definition) is 1.